The van der Waals surface area contributed by atoms with Gasteiger partial charge < -0.3 is 9.64 Å². The molecule has 0 saturated carbocycles. The Kier molecular flexibility index (Phi) is 7.82. The molecule has 0 aliphatic heterocycles. The highest BCUT2D eigenvalue weighted by atomic mass is 19.4. The SMILES string of the molecule is CCOC(=O)CCN(Cc1ccc(C(F)(F)F)cc1)C(=O)c1ccccc1CC. The van der Waals surface area contributed by atoms with Gasteiger partial charge in [-0.3, -0.25) is 9.59 Å². The van der Waals surface area contributed by atoms with Crippen LogP contribution in [-0.4, -0.2) is 29.9 Å². The Labute approximate surface area is 168 Å². The van der Waals surface area contributed by atoms with E-state index >= 15 is 0 Å². The van der Waals surface area contributed by atoms with E-state index in [0.717, 1.165) is 17.7 Å². The summed E-state index contributed by atoms with van der Waals surface area (Å²) in [5, 5.41) is 0. The summed E-state index contributed by atoms with van der Waals surface area (Å²) < 4.78 is 43.3. The van der Waals surface area contributed by atoms with Crippen molar-refractivity contribution in [3.05, 3.63) is 70.8 Å². The molecular weight excluding hydrogens is 383 g/mol. The fraction of sp³-hybridized carbons (Fsp3) is 0.364. The van der Waals surface area contributed by atoms with Crippen LogP contribution < -0.4 is 0 Å². The molecule has 0 spiro atoms. The van der Waals surface area contributed by atoms with Crippen LogP contribution in [0.2, 0.25) is 0 Å². The molecule has 7 heteroatoms. The van der Waals surface area contributed by atoms with Crippen molar-refractivity contribution in [2.24, 2.45) is 0 Å². The van der Waals surface area contributed by atoms with E-state index in [-0.39, 0.29) is 32.0 Å². The normalized spacial score (nSPS) is 11.2. The third-order valence-corrected chi connectivity index (χ3v) is 4.46. The number of carbonyl (C=O) groups excluding carboxylic acids is 2. The molecule has 2 aromatic carbocycles. The summed E-state index contributed by atoms with van der Waals surface area (Å²) in [4.78, 5) is 26.3. The molecule has 0 fully saturated rings. The number of amides is 1. The van der Waals surface area contributed by atoms with E-state index in [1.807, 2.05) is 19.1 Å². The second-order valence-electron chi connectivity index (χ2n) is 6.49. The number of alkyl halides is 3. The van der Waals surface area contributed by atoms with Crippen LogP contribution in [0.5, 0.6) is 0 Å². The zero-order valence-corrected chi connectivity index (χ0v) is 16.5. The molecule has 0 bridgehead atoms. The van der Waals surface area contributed by atoms with Crippen LogP contribution >= 0.6 is 0 Å². The van der Waals surface area contributed by atoms with Gasteiger partial charge in [-0.1, -0.05) is 37.3 Å². The second kappa shape index (κ2) is 10.1. The molecular formula is C22H24F3NO3. The van der Waals surface area contributed by atoms with E-state index in [1.165, 1.54) is 17.0 Å². The molecule has 2 rings (SSSR count). The molecule has 0 heterocycles. The number of halogens is 3. The maximum absolute atomic E-state index is 13.1. The molecule has 0 aliphatic rings. The lowest BCUT2D eigenvalue weighted by atomic mass is 10.0. The minimum absolute atomic E-state index is 0.00844. The van der Waals surface area contributed by atoms with E-state index in [2.05, 4.69) is 0 Å². The minimum Gasteiger partial charge on any atom is -0.466 e. The Morgan fingerprint density at radius 2 is 1.66 bits per heavy atom. The van der Waals surface area contributed by atoms with Crippen molar-refractivity contribution in [1.29, 1.82) is 0 Å². The van der Waals surface area contributed by atoms with Crippen LogP contribution in [0.15, 0.2) is 48.5 Å². The van der Waals surface area contributed by atoms with Gasteiger partial charge >= 0.3 is 12.1 Å². The van der Waals surface area contributed by atoms with E-state index in [1.54, 1.807) is 19.1 Å². The fourth-order valence-electron chi connectivity index (χ4n) is 2.94. The molecule has 0 radical (unpaired) electrons. The summed E-state index contributed by atoms with van der Waals surface area (Å²) in [7, 11) is 0. The van der Waals surface area contributed by atoms with Gasteiger partial charge in [0.05, 0.1) is 18.6 Å². The number of esters is 1. The predicted octanol–water partition coefficient (Wildman–Crippen LogP) is 4.86. The molecule has 0 atom stereocenters. The first kappa shape index (κ1) is 22.5. The van der Waals surface area contributed by atoms with Gasteiger partial charge in [0, 0.05) is 18.7 Å². The summed E-state index contributed by atoms with van der Waals surface area (Å²) in [5.41, 5.74) is 1.18. The highest BCUT2D eigenvalue weighted by Gasteiger charge is 2.30. The molecule has 156 valence electrons. The zero-order valence-electron chi connectivity index (χ0n) is 16.5. The first-order valence-electron chi connectivity index (χ1n) is 9.45. The summed E-state index contributed by atoms with van der Waals surface area (Å²) in [6, 6.07) is 11.8. The van der Waals surface area contributed by atoms with Gasteiger partial charge in [-0.05, 0) is 42.7 Å². The van der Waals surface area contributed by atoms with Crippen LogP contribution in [0.3, 0.4) is 0 Å². The number of carbonyl (C=O) groups is 2. The molecule has 0 N–H and O–H groups in total. The fourth-order valence-corrected chi connectivity index (χ4v) is 2.94. The van der Waals surface area contributed by atoms with Gasteiger partial charge in [0.15, 0.2) is 0 Å². The first-order valence-corrected chi connectivity index (χ1v) is 9.45. The lowest BCUT2D eigenvalue weighted by Crippen LogP contribution is -2.33. The summed E-state index contributed by atoms with van der Waals surface area (Å²) in [6.07, 6.45) is -3.75. The lowest BCUT2D eigenvalue weighted by Gasteiger charge is -2.24. The molecule has 2 aromatic rings. The molecule has 0 aliphatic carbocycles. The highest BCUT2D eigenvalue weighted by molar-refractivity contribution is 5.95. The number of benzene rings is 2. The van der Waals surface area contributed by atoms with Crippen LogP contribution in [0.1, 0.15) is 47.3 Å². The van der Waals surface area contributed by atoms with E-state index in [9.17, 15) is 22.8 Å². The van der Waals surface area contributed by atoms with Gasteiger partial charge in [-0.25, -0.2) is 0 Å². The second-order valence-corrected chi connectivity index (χ2v) is 6.49. The Morgan fingerprint density at radius 3 is 2.24 bits per heavy atom. The van der Waals surface area contributed by atoms with E-state index in [4.69, 9.17) is 4.74 Å². The van der Waals surface area contributed by atoms with E-state index in [0.29, 0.717) is 17.5 Å². The standard InChI is InChI=1S/C22H24F3NO3/c1-3-17-7-5-6-8-19(17)21(28)26(14-13-20(27)29-4-2)15-16-9-11-18(12-10-16)22(23,24)25/h5-12H,3-4,13-15H2,1-2H3. The molecule has 0 unspecified atom stereocenters. The number of hydrogen-bond donors (Lipinski definition) is 0. The minimum atomic E-state index is -4.42. The van der Waals surface area contributed by atoms with Gasteiger partial charge in [0.25, 0.3) is 5.91 Å². The van der Waals surface area contributed by atoms with Gasteiger partial charge in [-0.2, -0.15) is 13.2 Å². The van der Waals surface area contributed by atoms with Crippen molar-refractivity contribution >= 4 is 11.9 Å². The first-order chi connectivity index (χ1) is 13.8. The number of nitrogens with zero attached hydrogens (tertiary/aromatic N) is 1. The van der Waals surface area contributed by atoms with Crippen molar-refractivity contribution in [2.75, 3.05) is 13.2 Å². The van der Waals surface area contributed by atoms with Crippen LogP contribution in [0, 0.1) is 0 Å². The average molecular weight is 407 g/mol. The third-order valence-electron chi connectivity index (χ3n) is 4.46. The Hall–Kier alpha value is -2.83. The van der Waals surface area contributed by atoms with Crippen molar-refractivity contribution in [1.82, 2.24) is 4.90 Å². The van der Waals surface area contributed by atoms with Crippen LogP contribution in [-0.2, 0) is 28.7 Å². The van der Waals surface area contributed by atoms with Crippen LogP contribution in [0.25, 0.3) is 0 Å². The van der Waals surface area contributed by atoms with Crippen molar-refractivity contribution in [3.8, 4) is 0 Å². The average Bonchev–Trinajstić information content (AvgIpc) is 2.70. The Balaban J connectivity index is 2.24. The predicted molar refractivity (Wildman–Crippen MR) is 103 cm³/mol. The summed E-state index contributed by atoms with van der Waals surface area (Å²) in [5.74, 6) is -0.701. The molecule has 29 heavy (non-hydrogen) atoms. The van der Waals surface area contributed by atoms with Crippen molar-refractivity contribution in [2.45, 2.75) is 39.4 Å². The largest absolute Gasteiger partial charge is 0.466 e. The van der Waals surface area contributed by atoms with E-state index < -0.39 is 17.7 Å². The number of hydrogen-bond acceptors (Lipinski definition) is 3. The monoisotopic (exact) mass is 407 g/mol. The highest BCUT2D eigenvalue weighted by Crippen LogP contribution is 2.29. The molecule has 0 saturated heterocycles. The molecule has 4 nitrogen and oxygen atoms in total. The molecule has 0 aromatic heterocycles. The maximum Gasteiger partial charge on any atom is 0.416 e. The zero-order chi connectivity index (χ0) is 21.4. The number of aryl methyl sites for hydroxylation is 1. The van der Waals surface area contributed by atoms with Gasteiger partial charge in [0.1, 0.15) is 0 Å². The summed E-state index contributed by atoms with van der Waals surface area (Å²) >= 11 is 0. The smallest absolute Gasteiger partial charge is 0.416 e. The van der Waals surface area contributed by atoms with Gasteiger partial charge in [0.2, 0.25) is 0 Å². The van der Waals surface area contributed by atoms with Crippen molar-refractivity contribution in [3.63, 3.8) is 0 Å². The maximum atomic E-state index is 13.1. The number of ether oxygens (including phenoxy) is 1. The summed E-state index contributed by atoms with van der Waals surface area (Å²) in [6.45, 7) is 4.07. The topological polar surface area (TPSA) is 46.6 Å². The van der Waals surface area contributed by atoms with Gasteiger partial charge in [-0.15, -0.1) is 0 Å². The molecule has 1 amide bonds. The third kappa shape index (κ3) is 6.34. The van der Waals surface area contributed by atoms with Crippen molar-refractivity contribution < 1.29 is 27.5 Å². The lowest BCUT2D eigenvalue weighted by molar-refractivity contribution is -0.143. The Bertz CT molecular complexity index is 832. The quantitative estimate of drug-likeness (QED) is 0.587. The number of rotatable bonds is 8. The Morgan fingerprint density at radius 1 is 1.00 bits per heavy atom. The van der Waals surface area contributed by atoms with Crippen LogP contribution in [0.4, 0.5) is 13.2 Å².